The molecule has 1 aliphatic rings. The van der Waals surface area contributed by atoms with Gasteiger partial charge in [-0.1, -0.05) is 16.6 Å². The Labute approximate surface area is 77.1 Å². The van der Waals surface area contributed by atoms with Crippen LogP contribution < -0.4 is 5.32 Å². The first-order valence-electron chi connectivity index (χ1n) is 4.59. The highest BCUT2D eigenvalue weighted by molar-refractivity contribution is 7.03. The lowest BCUT2D eigenvalue weighted by atomic mass is 10.0. The summed E-state index contributed by atoms with van der Waals surface area (Å²) in [5.74, 6) is 0.335. The van der Waals surface area contributed by atoms with Crippen LogP contribution in [0.2, 0.25) is 0 Å². The maximum absolute atomic E-state index is 7.20. The van der Waals surface area contributed by atoms with E-state index in [1.54, 1.807) is 0 Å². The van der Waals surface area contributed by atoms with Crippen molar-refractivity contribution in [2.45, 2.75) is 18.9 Å². The van der Waals surface area contributed by atoms with Crippen molar-refractivity contribution in [3.8, 4) is 0 Å². The smallest absolute Gasteiger partial charge is 0.0836 e. The zero-order chi connectivity index (χ0) is 9.10. The average Bonchev–Trinajstić information content (AvgIpc) is 2.71. The fourth-order valence-electron chi connectivity index (χ4n) is 1.22. The molecule has 0 fully saturated rings. The molecule has 0 bridgehead atoms. The molecule has 1 aliphatic heterocycles. The number of hydrogen-bond donors (Lipinski definition) is 1. The van der Waals surface area contributed by atoms with Crippen molar-refractivity contribution in [3.63, 3.8) is 0 Å². The van der Waals surface area contributed by atoms with Crippen molar-refractivity contribution in [2.24, 2.45) is 0 Å². The molecule has 0 radical (unpaired) electrons. The highest BCUT2D eigenvalue weighted by Gasteiger charge is 2.15. The van der Waals surface area contributed by atoms with Crippen LogP contribution in [0.1, 0.15) is 19.9 Å². The van der Waals surface area contributed by atoms with Crippen LogP contribution in [0, 0.1) is 0 Å². The molecule has 2 heterocycles. The maximum Gasteiger partial charge on any atom is 0.0836 e. The zero-order valence-electron chi connectivity index (χ0n) is 7.60. The van der Waals surface area contributed by atoms with Gasteiger partial charge in [0.25, 0.3) is 0 Å². The van der Waals surface area contributed by atoms with Crippen molar-refractivity contribution in [1.82, 2.24) is 14.9 Å². The maximum atomic E-state index is 7.20. The van der Waals surface area contributed by atoms with Gasteiger partial charge in [0.15, 0.2) is 0 Å². The molecule has 12 heavy (non-hydrogen) atoms. The van der Waals surface area contributed by atoms with E-state index in [4.69, 9.17) is 1.37 Å². The quantitative estimate of drug-likeness (QED) is 0.662. The Morgan fingerprint density at radius 3 is 3.33 bits per heavy atom. The fourth-order valence-corrected chi connectivity index (χ4v) is 1.74. The lowest BCUT2D eigenvalue weighted by Crippen LogP contribution is -2.32. The highest BCUT2D eigenvalue weighted by atomic mass is 32.1. The lowest BCUT2D eigenvalue weighted by Gasteiger charge is -2.19. The van der Waals surface area contributed by atoms with Crippen LogP contribution in [-0.2, 0) is 0 Å². The number of aromatic nitrogens is 2. The summed E-state index contributed by atoms with van der Waals surface area (Å²) in [6.07, 6.45) is 4.16. The van der Waals surface area contributed by atoms with Crippen molar-refractivity contribution in [1.29, 1.82) is 0 Å². The molecule has 2 unspecified atom stereocenters. The molecule has 1 aromatic rings. The molecule has 2 atom stereocenters. The normalized spacial score (nSPS) is 30.2. The average molecular weight is 182 g/mol. The molecule has 64 valence electrons. The third kappa shape index (κ3) is 1.54. The minimum atomic E-state index is 0.211. The van der Waals surface area contributed by atoms with Gasteiger partial charge in [0, 0.05) is 25.3 Å². The molecule has 1 aromatic heterocycles. The van der Waals surface area contributed by atoms with Crippen molar-refractivity contribution < 1.29 is 1.37 Å². The first-order valence-corrected chi connectivity index (χ1v) is 4.71. The second-order valence-electron chi connectivity index (χ2n) is 2.84. The second kappa shape index (κ2) is 3.33. The predicted molar refractivity (Wildman–Crippen MR) is 49.3 cm³/mol. The summed E-state index contributed by atoms with van der Waals surface area (Å²) in [5, 5.41) is 9.26. The number of rotatable bonds is 1. The van der Waals surface area contributed by atoms with E-state index >= 15 is 0 Å². The van der Waals surface area contributed by atoms with E-state index in [-0.39, 0.29) is 6.04 Å². The standard InChI is InChI=1S/C8H11N3S/c1-6-2-3-7(4-9-6)8-5-12-11-10-8/h2-3,5-7,9H,4H2,1H3/i1D. The SMILES string of the molecule is [2H]CC1C=CC(c2csnn2)CN1. The summed E-state index contributed by atoms with van der Waals surface area (Å²) >= 11 is 1.38. The van der Waals surface area contributed by atoms with Crippen LogP contribution in [0.25, 0.3) is 0 Å². The van der Waals surface area contributed by atoms with Gasteiger partial charge in [-0.25, -0.2) is 0 Å². The summed E-state index contributed by atoms with van der Waals surface area (Å²) in [5.41, 5.74) is 1.03. The van der Waals surface area contributed by atoms with Crippen LogP contribution in [0.5, 0.6) is 0 Å². The first-order chi connectivity index (χ1) is 6.40. The Kier molecular flexibility index (Phi) is 1.87. The summed E-state index contributed by atoms with van der Waals surface area (Å²) < 4.78 is 11.0. The summed E-state index contributed by atoms with van der Waals surface area (Å²) in [7, 11) is 0. The molecule has 1 N–H and O–H groups in total. The van der Waals surface area contributed by atoms with E-state index in [0.717, 1.165) is 12.2 Å². The van der Waals surface area contributed by atoms with Crippen LogP contribution in [0.3, 0.4) is 0 Å². The molecule has 0 amide bonds. The van der Waals surface area contributed by atoms with Gasteiger partial charge >= 0.3 is 0 Å². The minimum absolute atomic E-state index is 0.211. The molecule has 4 heteroatoms. The predicted octanol–water partition coefficient (Wildman–Crippen LogP) is 1.17. The Balaban J connectivity index is 2.05. The molecule has 2 rings (SSSR count). The topological polar surface area (TPSA) is 37.8 Å². The van der Waals surface area contributed by atoms with Gasteiger partial charge in [0.1, 0.15) is 0 Å². The van der Waals surface area contributed by atoms with Crippen LogP contribution in [0.4, 0.5) is 0 Å². The minimum Gasteiger partial charge on any atom is -0.310 e. The van der Waals surface area contributed by atoms with Gasteiger partial charge in [0.2, 0.25) is 0 Å². The van der Waals surface area contributed by atoms with Gasteiger partial charge in [-0.15, -0.1) is 5.10 Å². The Bertz CT molecular complexity index is 286. The van der Waals surface area contributed by atoms with Gasteiger partial charge < -0.3 is 5.32 Å². The van der Waals surface area contributed by atoms with Gasteiger partial charge in [0.05, 0.1) is 5.69 Å². The number of hydrogen-bond acceptors (Lipinski definition) is 4. The molecule has 0 saturated heterocycles. The number of nitrogens with zero attached hydrogens (tertiary/aromatic N) is 2. The third-order valence-corrected chi connectivity index (χ3v) is 2.46. The monoisotopic (exact) mass is 182 g/mol. The van der Waals surface area contributed by atoms with E-state index in [9.17, 15) is 0 Å². The van der Waals surface area contributed by atoms with Gasteiger partial charge in [-0.3, -0.25) is 0 Å². The zero-order valence-corrected chi connectivity index (χ0v) is 7.42. The molecule has 3 nitrogen and oxygen atoms in total. The molecule has 0 aromatic carbocycles. The van der Waals surface area contributed by atoms with Gasteiger partial charge in [-0.2, -0.15) is 0 Å². The molecular weight excluding hydrogens is 170 g/mol. The lowest BCUT2D eigenvalue weighted by molar-refractivity contribution is 0.566. The fraction of sp³-hybridized carbons (Fsp3) is 0.500. The van der Waals surface area contributed by atoms with Gasteiger partial charge in [-0.05, 0) is 18.4 Å². The number of nitrogens with one attached hydrogen (secondary N) is 1. The highest BCUT2D eigenvalue weighted by Crippen LogP contribution is 2.17. The van der Waals surface area contributed by atoms with Crippen LogP contribution in [0.15, 0.2) is 17.5 Å². The molecular formula is C8H11N3S. The largest absolute Gasteiger partial charge is 0.310 e. The molecule has 0 saturated carbocycles. The van der Waals surface area contributed by atoms with Crippen molar-refractivity contribution >= 4 is 11.5 Å². The summed E-state index contributed by atoms with van der Waals surface area (Å²) in [4.78, 5) is 0. The van der Waals surface area contributed by atoms with Crippen LogP contribution in [-0.4, -0.2) is 22.2 Å². The summed E-state index contributed by atoms with van der Waals surface area (Å²) in [6, 6.07) is 0.211. The van der Waals surface area contributed by atoms with E-state index in [2.05, 4.69) is 21.0 Å². The Morgan fingerprint density at radius 2 is 2.75 bits per heavy atom. The van der Waals surface area contributed by atoms with E-state index < -0.39 is 0 Å². The van der Waals surface area contributed by atoms with Crippen molar-refractivity contribution in [2.75, 3.05) is 6.54 Å². The summed E-state index contributed by atoms with van der Waals surface area (Å²) in [6.45, 7) is 1.27. The third-order valence-electron chi connectivity index (χ3n) is 1.93. The Morgan fingerprint density at radius 1 is 1.75 bits per heavy atom. The van der Waals surface area contributed by atoms with E-state index in [0.29, 0.717) is 12.8 Å². The second-order valence-corrected chi connectivity index (χ2v) is 3.45. The first kappa shape index (κ1) is 6.74. The van der Waals surface area contributed by atoms with E-state index in [1.165, 1.54) is 11.5 Å². The molecule has 0 aliphatic carbocycles. The van der Waals surface area contributed by atoms with Crippen LogP contribution >= 0.6 is 11.5 Å². The molecule has 0 spiro atoms. The van der Waals surface area contributed by atoms with E-state index in [1.807, 2.05) is 11.5 Å². The Hall–Kier alpha value is -0.740. The van der Waals surface area contributed by atoms with Crippen molar-refractivity contribution in [3.05, 3.63) is 23.2 Å².